The molecule has 0 saturated carbocycles. The second-order valence-corrected chi connectivity index (χ2v) is 10.2. The van der Waals surface area contributed by atoms with Gasteiger partial charge < -0.3 is 20.3 Å². The first kappa shape index (κ1) is 27.7. The quantitative estimate of drug-likeness (QED) is 0.220. The van der Waals surface area contributed by atoms with Gasteiger partial charge in [0.2, 0.25) is 11.8 Å². The minimum atomic E-state index is -0.504. The lowest BCUT2D eigenvalue weighted by Crippen LogP contribution is -2.46. The number of nitrogens with zero attached hydrogens (tertiary/aromatic N) is 4. The molecule has 1 saturated heterocycles. The SMILES string of the molecule is CCCN1CCN(c2ccc(Nc3ncc(C(=O)Nc4c(Cl)cccc4Cl)c(Oc4ccccc4)n3)cc2)CC1. The van der Waals surface area contributed by atoms with Crippen LogP contribution in [0.2, 0.25) is 10.0 Å². The van der Waals surface area contributed by atoms with E-state index in [2.05, 4.69) is 49.5 Å². The summed E-state index contributed by atoms with van der Waals surface area (Å²) in [4.78, 5) is 27.0. The molecule has 0 radical (unpaired) electrons. The molecular weight excluding hydrogens is 547 g/mol. The first-order valence-corrected chi connectivity index (χ1v) is 14.0. The summed E-state index contributed by atoms with van der Waals surface area (Å²) in [5.74, 6) is 0.404. The Balaban J connectivity index is 1.33. The molecule has 3 aromatic carbocycles. The van der Waals surface area contributed by atoms with Gasteiger partial charge in [-0.1, -0.05) is 54.4 Å². The first-order chi connectivity index (χ1) is 19.5. The number of aromatic nitrogens is 2. The van der Waals surface area contributed by atoms with E-state index in [1.165, 1.54) is 18.3 Å². The van der Waals surface area contributed by atoms with Crippen LogP contribution in [0.4, 0.5) is 23.0 Å². The normalized spacial score (nSPS) is 13.6. The molecular formula is C30H30Cl2N6O2. The zero-order chi connectivity index (χ0) is 27.9. The lowest BCUT2D eigenvalue weighted by Gasteiger charge is -2.36. The van der Waals surface area contributed by atoms with E-state index in [0.717, 1.165) is 38.4 Å². The molecule has 1 fully saturated rings. The number of amides is 1. The van der Waals surface area contributed by atoms with Crippen molar-refractivity contribution in [2.75, 3.05) is 48.3 Å². The highest BCUT2D eigenvalue weighted by Gasteiger charge is 2.20. The molecule has 0 bridgehead atoms. The highest BCUT2D eigenvalue weighted by Crippen LogP contribution is 2.32. The summed E-state index contributed by atoms with van der Waals surface area (Å²) in [6.45, 7) is 7.56. The molecule has 5 rings (SSSR count). The summed E-state index contributed by atoms with van der Waals surface area (Å²) in [6.07, 6.45) is 2.60. The summed E-state index contributed by atoms with van der Waals surface area (Å²) in [7, 11) is 0. The van der Waals surface area contributed by atoms with Gasteiger partial charge in [0.25, 0.3) is 5.91 Å². The molecule has 0 unspecified atom stereocenters. The van der Waals surface area contributed by atoms with E-state index in [0.29, 0.717) is 27.4 Å². The molecule has 10 heteroatoms. The maximum absolute atomic E-state index is 13.2. The third-order valence-electron chi connectivity index (χ3n) is 6.56. The Morgan fingerprint density at radius 2 is 1.62 bits per heavy atom. The predicted octanol–water partition coefficient (Wildman–Crippen LogP) is 7.10. The molecule has 0 aliphatic carbocycles. The van der Waals surface area contributed by atoms with Gasteiger partial charge in [-0.2, -0.15) is 4.98 Å². The van der Waals surface area contributed by atoms with Crippen molar-refractivity contribution >= 4 is 52.1 Å². The van der Waals surface area contributed by atoms with Gasteiger partial charge in [0, 0.05) is 43.8 Å². The minimum absolute atomic E-state index is 0.0888. The van der Waals surface area contributed by atoms with Crippen LogP contribution in [-0.4, -0.2) is 53.5 Å². The lowest BCUT2D eigenvalue weighted by molar-refractivity contribution is 0.102. The Morgan fingerprint density at radius 3 is 2.30 bits per heavy atom. The van der Waals surface area contributed by atoms with Crippen LogP contribution in [-0.2, 0) is 0 Å². The van der Waals surface area contributed by atoms with E-state index < -0.39 is 5.91 Å². The second kappa shape index (κ2) is 13.0. The first-order valence-electron chi connectivity index (χ1n) is 13.2. The molecule has 8 nitrogen and oxygen atoms in total. The Morgan fingerprint density at radius 1 is 0.925 bits per heavy atom. The number of ether oxygens (including phenoxy) is 1. The van der Waals surface area contributed by atoms with Gasteiger partial charge >= 0.3 is 0 Å². The van der Waals surface area contributed by atoms with Crippen molar-refractivity contribution in [3.05, 3.63) is 94.6 Å². The zero-order valence-corrected chi connectivity index (χ0v) is 23.6. The Kier molecular flexibility index (Phi) is 9.01. The number of para-hydroxylation sites is 2. The summed E-state index contributed by atoms with van der Waals surface area (Å²) < 4.78 is 6.00. The van der Waals surface area contributed by atoms with Crippen molar-refractivity contribution in [3.8, 4) is 11.6 Å². The summed E-state index contributed by atoms with van der Waals surface area (Å²) in [6, 6.07) is 22.3. The third-order valence-corrected chi connectivity index (χ3v) is 7.19. The van der Waals surface area contributed by atoms with Crippen molar-refractivity contribution in [2.24, 2.45) is 0 Å². The number of benzene rings is 3. The molecule has 1 amide bonds. The molecule has 1 aliphatic heterocycles. The van der Waals surface area contributed by atoms with Crippen LogP contribution >= 0.6 is 23.2 Å². The molecule has 4 aromatic rings. The molecule has 2 heterocycles. The number of rotatable bonds is 9. The van der Waals surface area contributed by atoms with Crippen LogP contribution in [0.25, 0.3) is 0 Å². The van der Waals surface area contributed by atoms with Crippen LogP contribution in [0.5, 0.6) is 11.6 Å². The van der Waals surface area contributed by atoms with Crippen LogP contribution in [0.1, 0.15) is 23.7 Å². The molecule has 0 atom stereocenters. The maximum atomic E-state index is 13.2. The number of carbonyl (C=O) groups excluding carboxylic acids is 1. The predicted molar refractivity (Wildman–Crippen MR) is 162 cm³/mol. The average Bonchev–Trinajstić information content (AvgIpc) is 2.97. The van der Waals surface area contributed by atoms with Crippen LogP contribution in [0, 0.1) is 0 Å². The molecule has 1 aliphatic rings. The smallest absolute Gasteiger partial charge is 0.262 e. The fourth-order valence-electron chi connectivity index (χ4n) is 4.49. The van der Waals surface area contributed by atoms with Crippen molar-refractivity contribution in [3.63, 3.8) is 0 Å². The van der Waals surface area contributed by atoms with E-state index in [1.807, 2.05) is 30.3 Å². The van der Waals surface area contributed by atoms with E-state index in [-0.39, 0.29) is 11.4 Å². The van der Waals surface area contributed by atoms with Crippen molar-refractivity contribution in [1.82, 2.24) is 14.9 Å². The van der Waals surface area contributed by atoms with Crippen molar-refractivity contribution in [1.29, 1.82) is 0 Å². The second-order valence-electron chi connectivity index (χ2n) is 9.38. The summed E-state index contributed by atoms with van der Waals surface area (Å²) in [5.41, 5.74) is 2.43. The number of nitrogens with one attached hydrogen (secondary N) is 2. The maximum Gasteiger partial charge on any atom is 0.262 e. The molecule has 40 heavy (non-hydrogen) atoms. The lowest BCUT2D eigenvalue weighted by atomic mass is 10.2. The number of carbonyl (C=O) groups is 1. The Bertz CT molecular complexity index is 1420. The van der Waals surface area contributed by atoms with Gasteiger partial charge in [-0.05, 0) is 61.5 Å². The largest absolute Gasteiger partial charge is 0.438 e. The number of hydrogen-bond donors (Lipinski definition) is 2. The van der Waals surface area contributed by atoms with Crippen LogP contribution < -0.4 is 20.3 Å². The fraction of sp³-hybridized carbons (Fsp3) is 0.233. The van der Waals surface area contributed by atoms with Crippen LogP contribution in [0.3, 0.4) is 0 Å². The van der Waals surface area contributed by atoms with Gasteiger partial charge in [-0.3, -0.25) is 9.69 Å². The van der Waals surface area contributed by atoms with E-state index >= 15 is 0 Å². The third kappa shape index (κ3) is 6.83. The van der Waals surface area contributed by atoms with Gasteiger partial charge in [0.15, 0.2) is 0 Å². The molecule has 1 aromatic heterocycles. The number of hydrogen-bond acceptors (Lipinski definition) is 7. The molecule has 0 spiro atoms. The van der Waals surface area contributed by atoms with Gasteiger partial charge in [0.1, 0.15) is 11.3 Å². The van der Waals surface area contributed by atoms with Crippen molar-refractivity contribution in [2.45, 2.75) is 13.3 Å². The number of piperazine rings is 1. The zero-order valence-electron chi connectivity index (χ0n) is 22.1. The number of halogens is 2. The highest BCUT2D eigenvalue weighted by molar-refractivity contribution is 6.40. The van der Waals surface area contributed by atoms with Gasteiger partial charge in [-0.15, -0.1) is 0 Å². The monoisotopic (exact) mass is 576 g/mol. The Hall–Kier alpha value is -3.85. The van der Waals surface area contributed by atoms with Crippen molar-refractivity contribution < 1.29 is 9.53 Å². The highest BCUT2D eigenvalue weighted by atomic mass is 35.5. The molecule has 2 N–H and O–H groups in total. The fourth-order valence-corrected chi connectivity index (χ4v) is 4.98. The van der Waals surface area contributed by atoms with Gasteiger partial charge in [0.05, 0.1) is 15.7 Å². The van der Waals surface area contributed by atoms with E-state index in [1.54, 1.807) is 30.3 Å². The minimum Gasteiger partial charge on any atom is -0.438 e. The van der Waals surface area contributed by atoms with E-state index in [9.17, 15) is 4.79 Å². The topological polar surface area (TPSA) is 82.6 Å². The van der Waals surface area contributed by atoms with E-state index in [4.69, 9.17) is 27.9 Å². The van der Waals surface area contributed by atoms with Gasteiger partial charge in [-0.25, -0.2) is 4.98 Å². The standard InChI is InChI=1S/C30H30Cl2N6O2/c1-2-15-37-16-18-38(19-17-37)22-13-11-21(12-14-22)34-30-33-20-24(29(36-30)40-23-7-4-3-5-8-23)28(39)35-27-25(31)9-6-10-26(27)32/h3-14,20H,2,15-19H2,1H3,(H,35,39)(H,33,34,36). The summed E-state index contributed by atoms with van der Waals surface area (Å²) in [5, 5.41) is 6.59. The van der Waals surface area contributed by atoms with Crippen LogP contribution in [0.15, 0.2) is 79.0 Å². The number of anilines is 4. The Labute approximate surface area is 243 Å². The molecule has 206 valence electrons. The summed E-state index contributed by atoms with van der Waals surface area (Å²) >= 11 is 12.5. The average molecular weight is 578 g/mol.